The van der Waals surface area contributed by atoms with Crippen LogP contribution in [0.4, 0.5) is 0 Å². The van der Waals surface area contributed by atoms with Gasteiger partial charge < -0.3 is 19.8 Å². The molecule has 0 rings (SSSR count). The molecule has 0 saturated heterocycles. The number of carboxylic acid groups (broad SMARTS) is 2. The molecule has 0 aromatic carbocycles. The molecule has 0 N–H and O–H groups in total. The van der Waals surface area contributed by atoms with Crippen molar-refractivity contribution in [3.8, 4) is 0 Å². The summed E-state index contributed by atoms with van der Waals surface area (Å²) < 4.78 is 0. The topological polar surface area (TPSA) is 114 Å². The number of carboxylic acids is 2. The van der Waals surface area contributed by atoms with E-state index in [0.29, 0.717) is 12.8 Å². The molecule has 0 aromatic heterocycles. The maximum absolute atomic E-state index is 10.4. The van der Waals surface area contributed by atoms with Crippen LogP contribution in [0.15, 0.2) is 0 Å². The van der Waals surface area contributed by atoms with Crippen LogP contribution in [0.25, 0.3) is 0 Å². The van der Waals surface area contributed by atoms with Gasteiger partial charge in [0, 0.05) is 0 Å². The van der Waals surface area contributed by atoms with Gasteiger partial charge in [0.2, 0.25) is 0 Å². The average molecular weight is 317 g/mol. The average Bonchev–Trinajstić information content (AvgIpc) is 2.17. The Labute approximate surface area is 122 Å². The summed E-state index contributed by atoms with van der Waals surface area (Å²) in [6, 6.07) is 0. The monoisotopic (exact) mass is 316 g/mol. The molecule has 0 heterocycles. The van der Waals surface area contributed by atoms with Crippen molar-refractivity contribution in [1.29, 1.82) is 0 Å². The quantitative estimate of drug-likeness (QED) is 0.444. The van der Waals surface area contributed by atoms with Crippen molar-refractivity contribution in [3.05, 3.63) is 0 Å². The van der Waals surface area contributed by atoms with Crippen LogP contribution in [0.5, 0.6) is 0 Å². The normalized spacial score (nSPS) is 12.0. The predicted molar refractivity (Wildman–Crippen MR) is 58.9 cm³/mol. The SMILES string of the molecule is CCC(C(C)=O)C(=O)[O-].CCC(C(C)=O)C(=O)[O-].[Ni+2]. The minimum Gasteiger partial charge on any atom is -0.549 e. The second-order valence-corrected chi connectivity index (χ2v) is 3.78. The number of hydrogen-bond donors (Lipinski definition) is 0. The van der Waals surface area contributed by atoms with Gasteiger partial charge in [0.05, 0.1) is 23.8 Å². The van der Waals surface area contributed by atoms with Crippen molar-refractivity contribution in [2.45, 2.75) is 40.5 Å². The van der Waals surface area contributed by atoms with Crippen molar-refractivity contribution in [1.82, 2.24) is 0 Å². The van der Waals surface area contributed by atoms with Crippen LogP contribution in [0.3, 0.4) is 0 Å². The van der Waals surface area contributed by atoms with E-state index in [4.69, 9.17) is 0 Å². The van der Waals surface area contributed by atoms with Crippen LogP contribution in [-0.4, -0.2) is 23.5 Å². The molecule has 0 amide bonds. The van der Waals surface area contributed by atoms with E-state index in [1.807, 2.05) is 0 Å². The van der Waals surface area contributed by atoms with Crippen LogP contribution in [0, 0.1) is 11.8 Å². The Morgan fingerprint density at radius 1 is 0.789 bits per heavy atom. The summed E-state index contributed by atoms with van der Waals surface area (Å²) in [5.41, 5.74) is 0. The van der Waals surface area contributed by atoms with Gasteiger partial charge in [-0.25, -0.2) is 0 Å². The zero-order chi connectivity index (χ0) is 14.9. The zero-order valence-electron chi connectivity index (χ0n) is 11.3. The van der Waals surface area contributed by atoms with Crippen molar-refractivity contribution >= 4 is 23.5 Å². The van der Waals surface area contributed by atoms with Crippen LogP contribution >= 0.6 is 0 Å². The number of rotatable bonds is 6. The largest absolute Gasteiger partial charge is 2.00 e. The first kappa shape index (κ1) is 22.9. The van der Waals surface area contributed by atoms with E-state index in [1.165, 1.54) is 13.8 Å². The molecule has 0 bridgehead atoms. The Morgan fingerprint density at radius 2 is 1.00 bits per heavy atom. The maximum Gasteiger partial charge on any atom is 2.00 e. The van der Waals surface area contributed by atoms with Crippen molar-refractivity contribution in [2.75, 3.05) is 0 Å². The molecule has 19 heavy (non-hydrogen) atoms. The molecule has 0 fully saturated rings. The summed E-state index contributed by atoms with van der Waals surface area (Å²) >= 11 is 0. The zero-order valence-corrected chi connectivity index (χ0v) is 12.3. The van der Waals surface area contributed by atoms with Gasteiger partial charge >= 0.3 is 16.5 Å². The van der Waals surface area contributed by atoms with E-state index < -0.39 is 23.8 Å². The molecule has 2 atom stereocenters. The van der Waals surface area contributed by atoms with Gasteiger partial charge in [-0.1, -0.05) is 13.8 Å². The number of aliphatic carboxylic acids is 2. The van der Waals surface area contributed by atoms with Crippen LogP contribution < -0.4 is 10.2 Å². The third kappa shape index (κ3) is 10.4. The second kappa shape index (κ2) is 11.8. The van der Waals surface area contributed by atoms with Crippen LogP contribution in [0.1, 0.15) is 40.5 Å². The van der Waals surface area contributed by atoms with E-state index in [0.717, 1.165) is 0 Å². The Hall–Kier alpha value is -1.23. The minimum absolute atomic E-state index is 0. The van der Waals surface area contributed by atoms with E-state index in [2.05, 4.69) is 0 Å². The molecule has 7 heteroatoms. The molecule has 112 valence electrons. The fourth-order valence-corrected chi connectivity index (χ4v) is 1.24. The standard InChI is InChI=1S/2C6H10O3.Ni/c2*1-3-5(4(2)7)6(8)9;/h2*5H,3H2,1-2H3,(H,8,9);/q;;+2/p-2. The Bertz CT molecular complexity index is 266. The molecule has 0 spiro atoms. The second-order valence-electron chi connectivity index (χ2n) is 3.78. The third-order valence-corrected chi connectivity index (χ3v) is 2.37. The van der Waals surface area contributed by atoms with Gasteiger partial charge in [-0.2, -0.15) is 0 Å². The summed E-state index contributed by atoms with van der Waals surface area (Å²) in [6.07, 6.45) is 0.634. The molecule has 0 aliphatic carbocycles. The number of Topliss-reactive ketones (excluding diaryl/α,β-unsaturated/α-hetero) is 2. The summed E-state index contributed by atoms with van der Waals surface area (Å²) in [5.74, 6) is -5.04. The molecular formula is C12H18NiO6. The predicted octanol–water partition coefficient (Wildman–Crippen LogP) is -1.30. The molecule has 6 nitrogen and oxygen atoms in total. The van der Waals surface area contributed by atoms with Crippen molar-refractivity contribution < 1.29 is 45.9 Å². The first-order chi connectivity index (χ1) is 8.18. The van der Waals surface area contributed by atoms with Gasteiger partial charge in [-0.15, -0.1) is 0 Å². The van der Waals surface area contributed by atoms with Gasteiger partial charge in [0.25, 0.3) is 0 Å². The molecule has 0 radical (unpaired) electrons. The van der Waals surface area contributed by atoms with Crippen molar-refractivity contribution in [3.63, 3.8) is 0 Å². The molecule has 0 aliphatic heterocycles. The van der Waals surface area contributed by atoms with E-state index in [9.17, 15) is 29.4 Å². The fourth-order valence-electron chi connectivity index (χ4n) is 1.24. The van der Waals surface area contributed by atoms with Crippen molar-refractivity contribution in [2.24, 2.45) is 11.8 Å². The van der Waals surface area contributed by atoms with Gasteiger partial charge in [-0.3, -0.25) is 9.59 Å². The minimum atomic E-state index is -1.27. The molecule has 0 aliphatic rings. The smallest absolute Gasteiger partial charge is 0.549 e. The van der Waals surface area contributed by atoms with E-state index in [-0.39, 0.29) is 28.1 Å². The van der Waals surface area contributed by atoms with Gasteiger partial charge in [0.15, 0.2) is 0 Å². The van der Waals surface area contributed by atoms with Crippen LogP contribution in [0.2, 0.25) is 0 Å². The first-order valence-corrected chi connectivity index (χ1v) is 5.61. The first-order valence-electron chi connectivity index (χ1n) is 5.61. The molecule has 0 saturated carbocycles. The number of carbonyl (C=O) groups is 4. The van der Waals surface area contributed by atoms with Crippen LogP contribution in [-0.2, 0) is 35.7 Å². The number of hydrogen-bond acceptors (Lipinski definition) is 6. The molecular weight excluding hydrogens is 299 g/mol. The summed E-state index contributed by atoms with van der Waals surface area (Å²) in [7, 11) is 0. The molecule has 2 unspecified atom stereocenters. The van der Waals surface area contributed by atoms with E-state index >= 15 is 0 Å². The van der Waals surface area contributed by atoms with Gasteiger partial charge in [0.1, 0.15) is 11.6 Å². The summed E-state index contributed by atoms with van der Waals surface area (Å²) in [5, 5.41) is 20.1. The third-order valence-electron chi connectivity index (χ3n) is 2.37. The number of ketones is 2. The molecule has 0 aromatic rings. The van der Waals surface area contributed by atoms with E-state index in [1.54, 1.807) is 13.8 Å². The number of carbonyl (C=O) groups excluding carboxylic acids is 4. The Kier molecular flexibility index (Phi) is 14.3. The summed E-state index contributed by atoms with van der Waals surface area (Å²) in [6.45, 7) is 5.79. The Balaban J connectivity index is -0.000000256. The maximum atomic E-state index is 10.4. The van der Waals surface area contributed by atoms with Gasteiger partial charge in [-0.05, 0) is 26.7 Å². The summed E-state index contributed by atoms with van der Waals surface area (Å²) in [4.78, 5) is 40.9. The Morgan fingerprint density at radius 3 is 1.00 bits per heavy atom. The fraction of sp³-hybridized carbons (Fsp3) is 0.667.